The van der Waals surface area contributed by atoms with Gasteiger partial charge in [0.25, 0.3) is 0 Å². The third-order valence-corrected chi connectivity index (χ3v) is 6.34. The van der Waals surface area contributed by atoms with Crippen LogP contribution in [0.1, 0.15) is 29.9 Å². The molecule has 2 unspecified atom stereocenters. The first-order chi connectivity index (χ1) is 10.5. The molecule has 1 aromatic carbocycles. The number of carbonyl (C=O) groups excluding carboxylic acids is 1. The van der Waals surface area contributed by atoms with E-state index in [4.69, 9.17) is 4.74 Å². The monoisotopic (exact) mass is 362 g/mol. The van der Waals surface area contributed by atoms with Crippen LogP contribution in [0.5, 0.6) is 0 Å². The van der Waals surface area contributed by atoms with E-state index < -0.39 is 0 Å². The average Bonchev–Trinajstić information content (AvgIpc) is 2.86. The maximum atomic E-state index is 12.0. The van der Waals surface area contributed by atoms with Crippen molar-refractivity contribution >= 4 is 33.8 Å². The minimum atomic E-state index is -0.146. The molecule has 4 rings (SSSR count). The number of hydrogen-bond donors (Lipinski definition) is 0. The summed E-state index contributed by atoms with van der Waals surface area (Å²) in [5.74, 6) is 0.229. The predicted molar refractivity (Wildman–Crippen MR) is 89.1 cm³/mol. The van der Waals surface area contributed by atoms with Crippen molar-refractivity contribution in [2.75, 3.05) is 20.7 Å². The molecular weight excluding hydrogens is 344 g/mol. The lowest BCUT2D eigenvalue weighted by Gasteiger charge is -2.48. The Morgan fingerprint density at radius 1 is 1.50 bits per heavy atom. The van der Waals surface area contributed by atoms with Crippen molar-refractivity contribution < 1.29 is 9.53 Å². The van der Waals surface area contributed by atoms with Gasteiger partial charge in [-0.05, 0) is 31.5 Å². The molecule has 22 heavy (non-hydrogen) atoms. The molecule has 2 heterocycles. The topological polar surface area (TPSA) is 41.9 Å². The highest BCUT2D eigenvalue weighted by Crippen LogP contribution is 2.56. The maximum Gasteiger partial charge on any atom is 0.309 e. The van der Waals surface area contributed by atoms with Crippen molar-refractivity contribution in [3.63, 3.8) is 0 Å². The fourth-order valence-electron chi connectivity index (χ4n) is 4.42. The molecule has 4 atom stereocenters. The predicted octanol–water partition coefficient (Wildman–Crippen LogP) is 2.97. The summed E-state index contributed by atoms with van der Waals surface area (Å²) in [5.41, 5.74) is 3.70. The van der Waals surface area contributed by atoms with E-state index in [1.807, 2.05) is 6.21 Å². The Hall–Kier alpha value is -1.20. The first kappa shape index (κ1) is 14.4. The van der Waals surface area contributed by atoms with E-state index in [0.29, 0.717) is 12.0 Å². The van der Waals surface area contributed by atoms with Crippen LogP contribution in [0.2, 0.25) is 0 Å². The van der Waals surface area contributed by atoms with Gasteiger partial charge in [-0.3, -0.25) is 9.79 Å². The van der Waals surface area contributed by atoms with Gasteiger partial charge in [0.05, 0.1) is 23.0 Å². The summed E-state index contributed by atoms with van der Waals surface area (Å²) in [4.78, 5) is 18.9. The van der Waals surface area contributed by atoms with Gasteiger partial charge >= 0.3 is 5.97 Å². The molecule has 1 fully saturated rings. The Kier molecular flexibility index (Phi) is 3.20. The van der Waals surface area contributed by atoms with Crippen LogP contribution in [-0.4, -0.2) is 43.8 Å². The molecule has 0 amide bonds. The quantitative estimate of drug-likeness (QED) is 0.569. The van der Waals surface area contributed by atoms with Gasteiger partial charge in [-0.1, -0.05) is 28.1 Å². The van der Waals surface area contributed by atoms with E-state index in [1.165, 1.54) is 18.2 Å². The van der Waals surface area contributed by atoms with E-state index in [-0.39, 0.29) is 16.2 Å². The summed E-state index contributed by atoms with van der Waals surface area (Å²) in [6.07, 6.45) is 3.90. The van der Waals surface area contributed by atoms with Gasteiger partial charge in [-0.15, -0.1) is 0 Å². The number of esters is 1. The van der Waals surface area contributed by atoms with Crippen LogP contribution in [0.25, 0.3) is 0 Å². The van der Waals surface area contributed by atoms with Crippen molar-refractivity contribution in [3.8, 4) is 0 Å². The van der Waals surface area contributed by atoms with Crippen molar-refractivity contribution in [1.29, 1.82) is 0 Å². The number of nitrogens with zero attached hydrogens (tertiary/aromatic N) is 2. The van der Waals surface area contributed by atoms with Crippen molar-refractivity contribution in [3.05, 3.63) is 29.3 Å². The summed E-state index contributed by atoms with van der Waals surface area (Å²) >= 11 is 3.93. The Morgan fingerprint density at radius 3 is 3.09 bits per heavy atom. The molecular formula is C17H19BrN2O2. The molecule has 1 aliphatic carbocycles. The molecule has 0 aromatic heterocycles. The van der Waals surface area contributed by atoms with Crippen LogP contribution in [0.15, 0.2) is 23.2 Å². The molecule has 0 N–H and O–H groups in total. The Balaban J connectivity index is 1.79. The molecule has 1 saturated heterocycles. The molecule has 4 nitrogen and oxygen atoms in total. The molecule has 0 radical (unpaired) electrons. The van der Waals surface area contributed by atoms with Crippen LogP contribution < -0.4 is 0 Å². The molecule has 2 aliphatic heterocycles. The van der Waals surface area contributed by atoms with Crippen LogP contribution in [0.4, 0.5) is 5.69 Å². The lowest BCUT2D eigenvalue weighted by Crippen LogP contribution is -2.52. The number of halogens is 1. The molecule has 5 heteroatoms. The summed E-state index contributed by atoms with van der Waals surface area (Å²) in [5, 5.41) is 0. The summed E-state index contributed by atoms with van der Waals surface area (Å²) in [6.45, 7) is 0.767. The van der Waals surface area contributed by atoms with Crippen molar-refractivity contribution in [2.45, 2.75) is 29.1 Å². The number of hydrogen-bond acceptors (Lipinski definition) is 4. The Morgan fingerprint density at radius 2 is 2.32 bits per heavy atom. The van der Waals surface area contributed by atoms with Gasteiger partial charge in [0.15, 0.2) is 0 Å². The summed E-state index contributed by atoms with van der Waals surface area (Å²) in [7, 11) is 3.59. The zero-order chi connectivity index (χ0) is 15.5. The largest absolute Gasteiger partial charge is 0.469 e. The summed E-state index contributed by atoms with van der Waals surface area (Å²) in [6, 6.07) is 6.78. The average molecular weight is 363 g/mol. The minimum absolute atomic E-state index is 0.0442. The smallest absolute Gasteiger partial charge is 0.309 e. The molecule has 0 spiro atoms. The number of ether oxygens (including phenoxy) is 1. The number of methoxy groups -OCH3 is 1. The lowest BCUT2D eigenvalue weighted by molar-refractivity contribution is -0.148. The molecule has 3 aliphatic rings. The normalized spacial score (nSPS) is 35.9. The third kappa shape index (κ3) is 1.91. The summed E-state index contributed by atoms with van der Waals surface area (Å²) < 4.78 is 4.84. The zero-order valence-corrected chi connectivity index (χ0v) is 14.3. The highest BCUT2D eigenvalue weighted by molar-refractivity contribution is 9.10. The molecule has 1 aromatic rings. The number of aliphatic imine (C=N–C) groups is 1. The van der Waals surface area contributed by atoms with Crippen molar-refractivity contribution in [2.24, 2.45) is 10.9 Å². The van der Waals surface area contributed by atoms with E-state index in [1.54, 1.807) is 0 Å². The van der Waals surface area contributed by atoms with Gasteiger partial charge in [0, 0.05) is 30.3 Å². The van der Waals surface area contributed by atoms with Crippen LogP contribution >= 0.6 is 15.9 Å². The van der Waals surface area contributed by atoms with E-state index in [9.17, 15) is 4.79 Å². The first-order valence-electron chi connectivity index (χ1n) is 7.69. The number of likely N-dealkylation sites (N-methyl/N-ethyl adjacent to an activating group) is 1. The number of likely N-dealkylation sites (tertiary alicyclic amines) is 1. The highest BCUT2D eigenvalue weighted by atomic mass is 79.9. The standard InChI is InChI=1S/C17H19BrN2O2/c1-20-8-10(16(21)22-2)6-12-11-4-3-5-13-15(11)17(18,9-19-13)7-14(12)20/h3-5,9-10,12,14H,6-8H2,1-2H3/t10-,12?,14+,17?/m0/s1. The van der Waals surface area contributed by atoms with E-state index in [2.05, 4.69) is 51.1 Å². The van der Waals surface area contributed by atoms with Crippen LogP contribution in [-0.2, 0) is 13.9 Å². The first-order valence-corrected chi connectivity index (χ1v) is 8.48. The second kappa shape index (κ2) is 4.90. The van der Waals surface area contributed by atoms with Gasteiger partial charge in [-0.25, -0.2) is 0 Å². The second-order valence-corrected chi connectivity index (χ2v) is 8.05. The zero-order valence-electron chi connectivity index (χ0n) is 12.8. The van der Waals surface area contributed by atoms with Gasteiger partial charge in [0.2, 0.25) is 0 Å². The fourth-order valence-corrected chi connectivity index (χ4v) is 5.29. The number of alkyl halides is 1. The number of carbonyl (C=O) groups is 1. The number of rotatable bonds is 1. The van der Waals surface area contributed by atoms with Crippen molar-refractivity contribution in [1.82, 2.24) is 4.90 Å². The Bertz CT molecular complexity index is 675. The number of piperidine rings is 1. The van der Waals surface area contributed by atoms with E-state index >= 15 is 0 Å². The SMILES string of the molecule is COC(=O)[C@H]1CC2c3cccc4c3C(Br)(C=N4)C[C@H]2N(C)C1. The Labute approximate surface area is 138 Å². The number of benzene rings is 1. The molecule has 0 saturated carbocycles. The van der Waals surface area contributed by atoms with Crippen LogP contribution in [0, 0.1) is 5.92 Å². The highest BCUT2D eigenvalue weighted by Gasteiger charge is 2.50. The number of fused-ring (bicyclic) bond motifs is 2. The second-order valence-electron chi connectivity index (χ2n) is 6.64. The minimum Gasteiger partial charge on any atom is -0.469 e. The lowest BCUT2D eigenvalue weighted by atomic mass is 9.68. The molecule has 0 bridgehead atoms. The van der Waals surface area contributed by atoms with Gasteiger partial charge in [-0.2, -0.15) is 0 Å². The fraction of sp³-hybridized carbons (Fsp3) is 0.529. The van der Waals surface area contributed by atoms with Crippen LogP contribution in [0.3, 0.4) is 0 Å². The maximum absolute atomic E-state index is 12.0. The van der Waals surface area contributed by atoms with Gasteiger partial charge < -0.3 is 9.64 Å². The van der Waals surface area contributed by atoms with E-state index in [0.717, 1.165) is 25.1 Å². The molecule has 116 valence electrons. The van der Waals surface area contributed by atoms with Gasteiger partial charge in [0.1, 0.15) is 0 Å². The third-order valence-electron chi connectivity index (χ3n) is 5.42.